The number of fused-ring (bicyclic) bond motifs is 3. The van der Waals surface area contributed by atoms with Gasteiger partial charge in [0.25, 0.3) is 5.91 Å². The number of carbonyl (C=O) groups is 5. The molecular formula is C30H39N5O8. The van der Waals surface area contributed by atoms with E-state index >= 15 is 0 Å². The zero-order chi connectivity index (χ0) is 31.8. The number of alkyl carbamates (subject to hydrolysis) is 1. The van der Waals surface area contributed by atoms with Crippen LogP contribution in [-0.4, -0.2) is 53.9 Å². The molecule has 0 fully saturated rings. The Hall–Kier alpha value is -4.81. The normalized spacial score (nSPS) is 13.0. The first-order chi connectivity index (χ1) is 20.1. The molecule has 5 N–H and O–H groups in total. The zero-order valence-electron chi connectivity index (χ0n) is 25.2. The number of ether oxygens (including phenoxy) is 3. The van der Waals surface area contributed by atoms with Crippen molar-refractivity contribution >= 4 is 30.1 Å². The predicted molar refractivity (Wildman–Crippen MR) is 156 cm³/mol. The van der Waals surface area contributed by atoms with Crippen LogP contribution in [0, 0.1) is 0 Å². The maximum Gasteiger partial charge on any atom is 0.426 e. The van der Waals surface area contributed by atoms with Crippen LogP contribution in [0.1, 0.15) is 71.4 Å². The molecule has 0 spiro atoms. The summed E-state index contributed by atoms with van der Waals surface area (Å²) < 4.78 is 15.7. The molecule has 1 unspecified atom stereocenters. The highest BCUT2D eigenvalue weighted by atomic mass is 16.6. The molecule has 0 saturated heterocycles. The Kier molecular flexibility index (Phi) is 10.6. The van der Waals surface area contributed by atoms with Gasteiger partial charge in [0.15, 0.2) is 0 Å². The van der Waals surface area contributed by atoms with Crippen LogP contribution in [0.3, 0.4) is 0 Å². The van der Waals surface area contributed by atoms with E-state index in [1.54, 1.807) is 41.5 Å². The standard InChI is InChI=1S/C30H39N5O8/c1-29(2,3)42-27(39)34-32-24(36)16-15-23(25(37)33-35-28(40)43-30(4,5)6)31-26(38)41-17-22-20-13-9-7-11-18(20)19-12-8-10-14-21(19)22/h7-14,22-23H,15-17H2,1-6H3,(H,31,38)(H,32,36)(H,33,37)(H,34,39)(H,35,40). The van der Waals surface area contributed by atoms with Gasteiger partial charge in [0.1, 0.15) is 23.9 Å². The van der Waals surface area contributed by atoms with Crippen molar-refractivity contribution in [1.29, 1.82) is 0 Å². The summed E-state index contributed by atoms with van der Waals surface area (Å²) in [5.41, 5.74) is 11.2. The largest absolute Gasteiger partial charge is 0.449 e. The molecule has 0 aliphatic heterocycles. The van der Waals surface area contributed by atoms with Gasteiger partial charge in [0.05, 0.1) is 0 Å². The first-order valence-electron chi connectivity index (χ1n) is 13.8. The zero-order valence-corrected chi connectivity index (χ0v) is 25.2. The van der Waals surface area contributed by atoms with Crippen molar-refractivity contribution < 1.29 is 38.2 Å². The molecule has 5 amide bonds. The van der Waals surface area contributed by atoms with Gasteiger partial charge in [-0.2, -0.15) is 0 Å². The lowest BCUT2D eigenvalue weighted by atomic mass is 9.98. The van der Waals surface area contributed by atoms with E-state index in [1.807, 2.05) is 48.5 Å². The predicted octanol–water partition coefficient (Wildman–Crippen LogP) is 3.79. The molecule has 0 aromatic heterocycles. The molecule has 0 radical (unpaired) electrons. The Morgan fingerprint density at radius 1 is 0.698 bits per heavy atom. The number of amides is 5. The van der Waals surface area contributed by atoms with Crippen molar-refractivity contribution in [2.24, 2.45) is 0 Å². The van der Waals surface area contributed by atoms with E-state index in [1.165, 1.54) is 0 Å². The van der Waals surface area contributed by atoms with E-state index in [2.05, 4.69) is 27.0 Å². The summed E-state index contributed by atoms with van der Waals surface area (Å²) in [6, 6.07) is 14.4. The van der Waals surface area contributed by atoms with Crippen LogP contribution in [0.15, 0.2) is 48.5 Å². The van der Waals surface area contributed by atoms with Gasteiger partial charge >= 0.3 is 18.3 Å². The van der Waals surface area contributed by atoms with Crippen LogP contribution in [0.25, 0.3) is 11.1 Å². The molecule has 232 valence electrons. The van der Waals surface area contributed by atoms with Crippen molar-refractivity contribution in [3.05, 3.63) is 59.7 Å². The van der Waals surface area contributed by atoms with E-state index in [4.69, 9.17) is 14.2 Å². The third-order valence-corrected chi connectivity index (χ3v) is 6.00. The number of hydrogen-bond donors (Lipinski definition) is 5. The lowest BCUT2D eigenvalue weighted by Gasteiger charge is -2.22. The number of hydrazine groups is 2. The second kappa shape index (κ2) is 13.9. The summed E-state index contributed by atoms with van der Waals surface area (Å²) in [6.45, 7) is 9.96. The molecule has 1 aliphatic carbocycles. The molecule has 1 aliphatic rings. The molecule has 0 saturated carbocycles. The van der Waals surface area contributed by atoms with E-state index in [0.29, 0.717) is 0 Å². The molecule has 3 rings (SSSR count). The highest BCUT2D eigenvalue weighted by Gasteiger charge is 2.30. The molecule has 0 bridgehead atoms. The van der Waals surface area contributed by atoms with E-state index in [9.17, 15) is 24.0 Å². The maximum absolute atomic E-state index is 12.9. The Bertz CT molecular complexity index is 1300. The second-order valence-corrected chi connectivity index (χ2v) is 11.9. The van der Waals surface area contributed by atoms with Gasteiger partial charge in [-0.15, -0.1) is 0 Å². The summed E-state index contributed by atoms with van der Waals surface area (Å²) >= 11 is 0. The number of hydrogen-bond acceptors (Lipinski definition) is 8. The van der Waals surface area contributed by atoms with Gasteiger partial charge in [-0.1, -0.05) is 48.5 Å². The van der Waals surface area contributed by atoms with Crippen molar-refractivity contribution in [2.75, 3.05) is 6.61 Å². The van der Waals surface area contributed by atoms with Crippen molar-refractivity contribution in [1.82, 2.24) is 27.0 Å². The molecule has 1 atom stereocenters. The van der Waals surface area contributed by atoms with Gasteiger partial charge in [0.2, 0.25) is 5.91 Å². The molecular weight excluding hydrogens is 558 g/mol. The van der Waals surface area contributed by atoms with Gasteiger partial charge < -0.3 is 19.5 Å². The molecule has 13 nitrogen and oxygen atoms in total. The monoisotopic (exact) mass is 597 g/mol. The first-order valence-corrected chi connectivity index (χ1v) is 13.8. The second-order valence-electron chi connectivity index (χ2n) is 11.9. The van der Waals surface area contributed by atoms with Crippen molar-refractivity contribution in [3.8, 4) is 11.1 Å². The van der Waals surface area contributed by atoms with Crippen LogP contribution in [0.4, 0.5) is 14.4 Å². The molecule has 2 aromatic rings. The van der Waals surface area contributed by atoms with Crippen molar-refractivity contribution in [3.63, 3.8) is 0 Å². The smallest absolute Gasteiger partial charge is 0.426 e. The number of nitrogens with one attached hydrogen (secondary N) is 5. The summed E-state index contributed by atoms with van der Waals surface area (Å²) in [4.78, 5) is 61.9. The van der Waals surface area contributed by atoms with E-state index in [0.717, 1.165) is 22.3 Å². The lowest BCUT2D eigenvalue weighted by molar-refractivity contribution is -0.125. The van der Waals surface area contributed by atoms with Crippen LogP contribution < -0.4 is 27.0 Å². The minimum Gasteiger partial charge on any atom is -0.449 e. The molecule has 43 heavy (non-hydrogen) atoms. The van der Waals surface area contributed by atoms with Crippen LogP contribution >= 0.6 is 0 Å². The molecule has 2 aromatic carbocycles. The summed E-state index contributed by atoms with van der Waals surface area (Å²) in [7, 11) is 0. The van der Waals surface area contributed by atoms with E-state index < -0.39 is 47.3 Å². The average molecular weight is 598 g/mol. The van der Waals surface area contributed by atoms with Gasteiger partial charge in [-0.3, -0.25) is 20.4 Å². The third-order valence-electron chi connectivity index (χ3n) is 6.00. The molecule has 0 heterocycles. The maximum atomic E-state index is 12.9. The summed E-state index contributed by atoms with van der Waals surface area (Å²) in [5, 5.41) is 2.45. The quantitative estimate of drug-likeness (QED) is 0.237. The van der Waals surface area contributed by atoms with E-state index in [-0.39, 0.29) is 25.4 Å². The highest BCUT2D eigenvalue weighted by molar-refractivity contribution is 5.88. The molecule has 13 heteroatoms. The fourth-order valence-electron chi connectivity index (χ4n) is 4.32. The summed E-state index contributed by atoms with van der Waals surface area (Å²) in [5.74, 6) is -1.69. The van der Waals surface area contributed by atoms with Crippen LogP contribution in [0.5, 0.6) is 0 Å². The average Bonchev–Trinajstić information content (AvgIpc) is 3.23. The Morgan fingerprint density at radius 3 is 1.70 bits per heavy atom. The fourth-order valence-corrected chi connectivity index (χ4v) is 4.32. The van der Waals surface area contributed by atoms with Crippen LogP contribution in [0.2, 0.25) is 0 Å². The first kappa shape index (κ1) is 32.7. The minimum atomic E-state index is -1.29. The number of rotatable bonds is 7. The number of carbonyl (C=O) groups excluding carboxylic acids is 5. The highest BCUT2D eigenvalue weighted by Crippen LogP contribution is 2.44. The summed E-state index contributed by atoms with van der Waals surface area (Å²) in [6.07, 6.45) is -3.17. The van der Waals surface area contributed by atoms with Gasteiger partial charge in [-0.05, 0) is 70.2 Å². The number of benzene rings is 2. The Labute approximate surface area is 250 Å². The fraction of sp³-hybridized carbons (Fsp3) is 0.433. The third kappa shape index (κ3) is 10.2. The topological polar surface area (TPSA) is 173 Å². The minimum absolute atomic E-state index is 0.00462. The Morgan fingerprint density at radius 2 is 1.19 bits per heavy atom. The van der Waals surface area contributed by atoms with Crippen LogP contribution in [-0.2, 0) is 23.8 Å². The van der Waals surface area contributed by atoms with Crippen molar-refractivity contribution in [2.45, 2.75) is 77.5 Å². The van der Waals surface area contributed by atoms with Gasteiger partial charge in [-0.25, -0.2) is 25.2 Å². The lowest BCUT2D eigenvalue weighted by Crippen LogP contribution is -2.53. The van der Waals surface area contributed by atoms with Gasteiger partial charge in [0, 0.05) is 12.3 Å². The SMILES string of the molecule is CC(C)(C)OC(=O)NNC(=O)CCC(NC(=O)OCC1c2ccccc2-c2ccccc21)C(=O)NNC(=O)OC(C)(C)C. The Balaban J connectivity index is 1.61.